The van der Waals surface area contributed by atoms with Crippen LogP contribution in [0.1, 0.15) is 37.5 Å². The minimum absolute atomic E-state index is 0.331. The SMILES string of the molecule is CC=COCCc1c(C)cccc1C(C)(C)Cl. The van der Waals surface area contributed by atoms with Crippen molar-refractivity contribution >= 4 is 11.6 Å². The van der Waals surface area contributed by atoms with Crippen molar-refractivity contribution in [3.8, 4) is 0 Å². The van der Waals surface area contributed by atoms with Crippen molar-refractivity contribution in [3.05, 3.63) is 47.2 Å². The third-order valence-corrected chi connectivity index (χ3v) is 2.96. The Morgan fingerprint density at radius 2 is 2.06 bits per heavy atom. The Morgan fingerprint density at radius 3 is 2.65 bits per heavy atom. The third kappa shape index (κ3) is 4.08. The number of allylic oxidation sites excluding steroid dienone is 1. The summed E-state index contributed by atoms with van der Waals surface area (Å²) >= 11 is 6.42. The summed E-state index contributed by atoms with van der Waals surface area (Å²) in [5.74, 6) is 0. The van der Waals surface area contributed by atoms with Crippen LogP contribution in [0.2, 0.25) is 0 Å². The lowest BCUT2D eigenvalue weighted by Crippen LogP contribution is -2.13. The van der Waals surface area contributed by atoms with Gasteiger partial charge in [-0.3, -0.25) is 0 Å². The maximum Gasteiger partial charge on any atom is 0.0913 e. The first kappa shape index (κ1) is 14.1. The lowest BCUT2D eigenvalue weighted by molar-refractivity contribution is 0.252. The zero-order chi connectivity index (χ0) is 12.9. The van der Waals surface area contributed by atoms with Crippen LogP contribution >= 0.6 is 11.6 Å². The minimum Gasteiger partial charge on any atom is -0.501 e. The van der Waals surface area contributed by atoms with E-state index in [-0.39, 0.29) is 4.87 Å². The zero-order valence-electron chi connectivity index (χ0n) is 11.1. The topological polar surface area (TPSA) is 9.23 Å². The quantitative estimate of drug-likeness (QED) is 0.424. The maximum atomic E-state index is 6.42. The first-order chi connectivity index (χ1) is 7.96. The second-order valence-corrected chi connectivity index (χ2v) is 5.61. The Labute approximate surface area is 109 Å². The Kier molecular flexibility index (Phi) is 5.07. The molecule has 1 aromatic rings. The molecule has 0 fully saturated rings. The fraction of sp³-hybridized carbons (Fsp3) is 0.467. The lowest BCUT2D eigenvalue weighted by atomic mass is 9.91. The standard InChI is InChI=1S/C15H21ClO/c1-5-10-17-11-9-13-12(2)7-6-8-14(13)15(3,4)16/h5-8,10H,9,11H2,1-4H3. The van der Waals surface area contributed by atoms with Gasteiger partial charge in [0, 0.05) is 6.42 Å². The summed E-state index contributed by atoms with van der Waals surface area (Å²) in [7, 11) is 0. The van der Waals surface area contributed by atoms with Crippen LogP contribution in [-0.4, -0.2) is 6.61 Å². The van der Waals surface area contributed by atoms with Gasteiger partial charge in [-0.15, -0.1) is 11.6 Å². The molecule has 0 aliphatic rings. The van der Waals surface area contributed by atoms with Crippen LogP contribution in [0.3, 0.4) is 0 Å². The van der Waals surface area contributed by atoms with E-state index < -0.39 is 0 Å². The monoisotopic (exact) mass is 252 g/mol. The summed E-state index contributed by atoms with van der Waals surface area (Å²) in [5.41, 5.74) is 3.78. The average molecular weight is 253 g/mol. The Morgan fingerprint density at radius 1 is 1.35 bits per heavy atom. The summed E-state index contributed by atoms with van der Waals surface area (Å²) in [5, 5.41) is 0. The molecule has 0 aromatic heterocycles. The summed E-state index contributed by atoms with van der Waals surface area (Å²) in [4.78, 5) is -0.331. The number of alkyl halides is 1. The Bertz CT molecular complexity index is 388. The van der Waals surface area contributed by atoms with Crippen molar-refractivity contribution in [2.24, 2.45) is 0 Å². The minimum atomic E-state index is -0.331. The van der Waals surface area contributed by atoms with Crippen molar-refractivity contribution in [1.82, 2.24) is 0 Å². The summed E-state index contributed by atoms with van der Waals surface area (Å²) < 4.78 is 5.39. The molecule has 1 aromatic carbocycles. The van der Waals surface area contributed by atoms with E-state index in [1.807, 2.05) is 26.8 Å². The number of hydrogen-bond donors (Lipinski definition) is 0. The molecule has 0 spiro atoms. The highest BCUT2D eigenvalue weighted by Gasteiger charge is 2.20. The molecular formula is C15H21ClO. The predicted molar refractivity (Wildman–Crippen MR) is 74.5 cm³/mol. The molecular weight excluding hydrogens is 232 g/mol. The second kappa shape index (κ2) is 6.11. The number of rotatable bonds is 5. The number of ether oxygens (including phenoxy) is 1. The van der Waals surface area contributed by atoms with E-state index in [0.717, 1.165) is 6.42 Å². The van der Waals surface area contributed by atoms with Crippen LogP contribution in [0.25, 0.3) is 0 Å². The summed E-state index contributed by atoms with van der Waals surface area (Å²) in [6.07, 6.45) is 4.51. The highest BCUT2D eigenvalue weighted by Crippen LogP contribution is 2.32. The maximum absolute atomic E-state index is 6.42. The van der Waals surface area contributed by atoms with E-state index in [4.69, 9.17) is 16.3 Å². The molecule has 0 bridgehead atoms. The van der Waals surface area contributed by atoms with Crippen molar-refractivity contribution in [2.75, 3.05) is 6.61 Å². The average Bonchev–Trinajstić information content (AvgIpc) is 2.24. The molecule has 0 unspecified atom stereocenters. The van der Waals surface area contributed by atoms with Crippen LogP contribution in [0.15, 0.2) is 30.5 Å². The smallest absolute Gasteiger partial charge is 0.0913 e. The van der Waals surface area contributed by atoms with Gasteiger partial charge in [0.15, 0.2) is 0 Å². The molecule has 1 nitrogen and oxygen atoms in total. The molecule has 0 radical (unpaired) electrons. The fourth-order valence-electron chi connectivity index (χ4n) is 1.92. The van der Waals surface area contributed by atoms with Gasteiger partial charge in [0.2, 0.25) is 0 Å². The molecule has 94 valence electrons. The number of benzene rings is 1. The number of halogens is 1. The molecule has 0 heterocycles. The number of aryl methyl sites for hydroxylation is 1. The van der Waals surface area contributed by atoms with Gasteiger partial charge in [0.05, 0.1) is 17.7 Å². The number of hydrogen-bond acceptors (Lipinski definition) is 1. The van der Waals surface area contributed by atoms with Crippen LogP contribution in [-0.2, 0) is 16.0 Å². The van der Waals surface area contributed by atoms with Gasteiger partial charge >= 0.3 is 0 Å². The van der Waals surface area contributed by atoms with Crippen LogP contribution in [0.5, 0.6) is 0 Å². The Hall–Kier alpha value is -0.950. The molecule has 0 N–H and O–H groups in total. The van der Waals surface area contributed by atoms with Gasteiger partial charge in [-0.1, -0.05) is 24.3 Å². The van der Waals surface area contributed by atoms with Crippen LogP contribution in [0.4, 0.5) is 0 Å². The van der Waals surface area contributed by atoms with Crippen molar-refractivity contribution < 1.29 is 4.74 Å². The van der Waals surface area contributed by atoms with Gasteiger partial charge in [-0.25, -0.2) is 0 Å². The molecule has 0 saturated heterocycles. The summed E-state index contributed by atoms with van der Waals surface area (Å²) in [6, 6.07) is 6.28. The fourth-order valence-corrected chi connectivity index (χ4v) is 2.09. The van der Waals surface area contributed by atoms with E-state index in [2.05, 4.69) is 25.1 Å². The first-order valence-corrected chi connectivity index (χ1v) is 6.35. The molecule has 0 saturated carbocycles. The largest absolute Gasteiger partial charge is 0.501 e. The van der Waals surface area contributed by atoms with Gasteiger partial charge in [-0.2, -0.15) is 0 Å². The molecule has 17 heavy (non-hydrogen) atoms. The highest BCUT2D eigenvalue weighted by molar-refractivity contribution is 6.23. The van der Waals surface area contributed by atoms with Crippen molar-refractivity contribution in [2.45, 2.75) is 39.0 Å². The molecule has 0 aliphatic heterocycles. The lowest BCUT2D eigenvalue weighted by Gasteiger charge is -2.22. The predicted octanol–water partition coefficient (Wildman–Crippen LogP) is 4.56. The van der Waals surface area contributed by atoms with E-state index in [0.29, 0.717) is 6.61 Å². The van der Waals surface area contributed by atoms with Gasteiger partial charge in [0.1, 0.15) is 0 Å². The van der Waals surface area contributed by atoms with Gasteiger partial charge in [0.25, 0.3) is 0 Å². The second-order valence-electron chi connectivity index (χ2n) is 4.66. The van der Waals surface area contributed by atoms with Crippen LogP contribution in [0, 0.1) is 6.92 Å². The van der Waals surface area contributed by atoms with Crippen molar-refractivity contribution in [1.29, 1.82) is 0 Å². The molecule has 0 aliphatic carbocycles. The van der Waals surface area contributed by atoms with Crippen LogP contribution < -0.4 is 0 Å². The van der Waals surface area contributed by atoms with Crippen molar-refractivity contribution in [3.63, 3.8) is 0 Å². The van der Waals surface area contributed by atoms with Gasteiger partial charge < -0.3 is 4.74 Å². The molecule has 0 atom stereocenters. The highest BCUT2D eigenvalue weighted by atomic mass is 35.5. The summed E-state index contributed by atoms with van der Waals surface area (Å²) in [6.45, 7) is 8.81. The van der Waals surface area contributed by atoms with E-state index in [9.17, 15) is 0 Å². The van der Waals surface area contributed by atoms with E-state index in [1.54, 1.807) is 6.26 Å². The molecule has 2 heteroatoms. The molecule has 1 rings (SSSR count). The molecule has 0 amide bonds. The normalized spacial score (nSPS) is 12.1. The third-order valence-electron chi connectivity index (χ3n) is 2.75. The zero-order valence-corrected chi connectivity index (χ0v) is 11.8. The first-order valence-electron chi connectivity index (χ1n) is 5.97. The van der Waals surface area contributed by atoms with Gasteiger partial charge in [-0.05, 0) is 44.4 Å². The van der Waals surface area contributed by atoms with E-state index >= 15 is 0 Å². The Balaban J connectivity index is 2.89. The van der Waals surface area contributed by atoms with E-state index in [1.165, 1.54) is 16.7 Å².